The molecule has 1 aromatic carbocycles. The summed E-state index contributed by atoms with van der Waals surface area (Å²) in [5.41, 5.74) is 2.63. The van der Waals surface area contributed by atoms with E-state index in [1.54, 1.807) is 12.3 Å². The number of furan rings is 1. The molecule has 170 valence electrons. The molecule has 0 N–H and O–H groups in total. The van der Waals surface area contributed by atoms with Crippen LogP contribution in [0.2, 0.25) is 5.02 Å². The van der Waals surface area contributed by atoms with Crippen molar-refractivity contribution < 1.29 is 13.9 Å². The van der Waals surface area contributed by atoms with Crippen molar-refractivity contribution in [3.8, 4) is 5.75 Å². The lowest BCUT2D eigenvalue weighted by Crippen LogP contribution is -2.35. The number of pyridine rings is 1. The van der Waals surface area contributed by atoms with Crippen LogP contribution in [0, 0.1) is 0 Å². The van der Waals surface area contributed by atoms with Gasteiger partial charge in [0.15, 0.2) is 5.76 Å². The van der Waals surface area contributed by atoms with Crippen LogP contribution in [0.15, 0.2) is 71.6 Å². The maximum atomic E-state index is 13.2. The van der Waals surface area contributed by atoms with Crippen molar-refractivity contribution in [2.45, 2.75) is 19.6 Å². The highest BCUT2D eigenvalue weighted by atomic mass is 35.5. The molecule has 4 heterocycles. The maximum absolute atomic E-state index is 13.2. The Morgan fingerprint density at radius 3 is 2.79 bits per heavy atom. The fourth-order valence-corrected chi connectivity index (χ4v) is 4.28. The minimum atomic E-state index is -0.0871. The number of fused-ring (bicyclic) bond motifs is 1. The number of hydrogen-bond donors (Lipinski definition) is 0. The van der Waals surface area contributed by atoms with Crippen molar-refractivity contribution in [2.24, 2.45) is 0 Å². The molecule has 7 nitrogen and oxygen atoms in total. The summed E-state index contributed by atoms with van der Waals surface area (Å²) in [4.78, 5) is 22.1. The minimum Gasteiger partial charge on any atom is -0.489 e. The quantitative estimate of drug-likeness (QED) is 0.420. The second kappa shape index (κ2) is 9.68. The third kappa shape index (κ3) is 5.05. The Morgan fingerprint density at radius 2 is 1.91 bits per heavy atom. The Balaban J connectivity index is 1.20. The molecule has 1 saturated heterocycles. The van der Waals surface area contributed by atoms with E-state index in [1.165, 1.54) is 0 Å². The van der Waals surface area contributed by atoms with E-state index in [0.29, 0.717) is 30.5 Å². The molecule has 0 bridgehead atoms. The van der Waals surface area contributed by atoms with E-state index in [0.717, 1.165) is 48.7 Å². The second-order valence-electron chi connectivity index (χ2n) is 8.14. The van der Waals surface area contributed by atoms with Gasteiger partial charge in [-0.3, -0.25) is 9.69 Å². The molecule has 3 aromatic heterocycles. The summed E-state index contributed by atoms with van der Waals surface area (Å²) in [5.74, 6) is 1.03. The Morgan fingerprint density at radius 1 is 1.03 bits per heavy atom. The summed E-state index contributed by atoms with van der Waals surface area (Å²) in [6.45, 7) is 4.03. The van der Waals surface area contributed by atoms with Gasteiger partial charge in [-0.25, -0.2) is 4.98 Å². The molecule has 33 heavy (non-hydrogen) atoms. The largest absolute Gasteiger partial charge is 0.489 e. The van der Waals surface area contributed by atoms with Crippen LogP contribution in [0.1, 0.15) is 28.2 Å². The van der Waals surface area contributed by atoms with Gasteiger partial charge >= 0.3 is 0 Å². The number of para-hydroxylation sites is 1. The van der Waals surface area contributed by atoms with Crippen molar-refractivity contribution in [3.63, 3.8) is 0 Å². The van der Waals surface area contributed by atoms with Gasteiger partial charge in [-0.15, -0.1) is 0 Å². The highest BCUT2D eigenvalue weighted by Gasteiger charge is 2.25. The Hall–Kier alpha value is -3.29. The van der Waals surface area contributed by atoms with E-state index < -0.39 is 0 Å². The lowest BCUT2D eigenvalue weighted by molar-refractivity contribution is 0.0725. The lowest BCUT2D eigenvalue weighted by Gasteiger charge is -2.21. The molecule has 1 aliphatic heterocycles. The molecular formula is C25H25ClN4O3. The monoisotopic (exact) mass is 464 g/mol. The Kier molecular flexibility index (Phi) is 6.32. The zero-order chi connectivity index (χ0) is 22.6. The minimum absolute atomic E-state index is 0.0871. The van der Waals surface area contributed by atoms with Gasteiger partial charge in [0, 0.05) is 50.7 Å². The first-order chi connectivity index (χ1) is 16.2. The number of carbonyl (C=O) groups excluding carboxylic acids is 1. The number of aromatic nitrogens is 2. The van der Waals surface area contributed by atoms with Crippen LogP contribution < -0.4 is 4.74 Å². The molecule has 0 radical (unpaired) electrons. The highest BCUT2D eigenvalue weighted by Crippen LogP contribution is 2.19. The van der Waals surface area contributed by atoms with E-state index in [-0.39, 0.29) is 5.91 Å². The van der Waals surface area contributed by atoms with Gasteiger partial charge in [-0.05, 0) is 36.8 Å². The Bertz CT molecular complexity index is 1240. The number of ether oxygens (including phenoxy) is 1. The van der Waals surface area contributed by atoms with E-state index in [4.69, 9.17) is 20.8 Å². The van der Waals surface area contributed by atoms with Gasteiger partial charge in [-0.2, -0.15) is 0 Å². The number of benzene rings is 1. The zero-order valence-electron chi connectivity index (χ0n) is 18.2. The summed E-state index contributed by atoms with van der Waals surface area (Å²) in [5, 5.41) is 0.682. The van der Waals surface area contributed by atoms with Gasteiger partial charge in [0.2, 0.25) is 0 Å². The van der Waals surface area contributed by atoms with E-state index in [2.05, 4.69) is 9.88 Å². The molecule has 0 spiro atoms. The zero-order valence-corrected chi connectivity index (χ0v) is 18.9. The smallest absolute Gasteiger partial charge is 0.290 e. The van der Waals surface area contributed by atoms with Crippen LogP contribution in [0.5, 0.6) is 5.75 Å². The molecule has 0 aliphatic carbocycles. The van der Waals surface area contributed by atoms with Crippen LogP contribution in [-0.2, 0) is 13.2 Å². The normalized spacial score (nSPS) is 15.0. The molecule has 1 aliphatic rings. The van der Waals surface area contributed by atoms with Crippen molar-refractivity contribution in [2.75, 3.05) is 26.2 Å². The number of hydrogen-bond acceptors (Lipinski definition) is 5. The summed E-state index contributed by atoms with van der Waals surface area (Å²) in [6, 6.07) is 15.1. The standard InChI is InChI=1S/C25H25ClN4O3/c26-20-7-8-23-27-21(17-30(23)15-20)16-28-10-4-11-29(13-12-28)25(31)24-19(9-14-32-24)18-33-22-5-2-1-3-6-22/h1-3,5-9,14-15,17H,4,10-13,16,18H2. The van der Waals surface area contributed by atoms with Crippen molar-refractivity contribution in [1.29, 1.82) is 0 Å². The second-order valence-corrected chi connectivity index (χ2v) is 8.58. The molecule has 1 fully saturated rings. The number of rotatable bonds is 6. The van der Waals surface area contributed by atoms with Crippen LogP contribution in [0.4, 0.5) is 0 Å². The van der Waals surface area contributed by atoms with E-state index in [9.17, 15) is 4.79 Å². The topological polar surface area (TPSA) is 63.2 Å². The fourth-order valence-electron chi connectivity index (χ4n) is 4.11. The predicted molar refractivity (Wildman–Crippen MR) is 125 cm³/mol. The van der Waals surface area contributed by atoms with Crippen molar-refractivity contribution in [3.05, 3.63) is 89.2 Å². The number of amides is 1. The van der Waals surface area contributed by atoms with E-state index >= 15 is 0 Å². The van der Waals surface area contributed by atoms with Crippen molar-refractivity contribution in [1.82, 2.24) is 19.2 Å². The first-order valence-electron chi connectivity index (χ1n) is 11.0. The van der Waals surface area contributed by atoms with Gasteiger partial charge < -0.3 is 18.5 Å². The first-order valence-corrected chi connectivity index (χ1v) is 11.4. The Labute approximate surface area is 197 Å². The van der Waals surface area contributed by atoms with Gasteiger partial charge in [-0.1, -0.05) is 29.8 Å². The molecule has 0 atom stereocenters. The third-order valence-electron chi connectivity index (χ3n) is 5.80. The van der Waals surface area contributed by atoms with Gasteiger partial charge in [0.25, 0.3) is 5.91 Å². The van der Waals surface area contributed by atoms with Crippen LogP contribution >= 0.6 is 11.6 Å². The molecule has 0 saturated carbocycles. The number of imidazole rings is 1. The molecule has 1 amide bonds. The summed E-state index contributed by atoms with van der Waals surface area (Å²) >= 11 is 6.08. The van der Waals surface area contributed by atoms with E-state index in [1.807, 2.05) is 64.2 Å². The average Bonchev–Trinajstić information content (AvgIpc) is 3.38. The van der Waals surface area contributed by atoms with Crippen LogP contribution in [0.3, 0.4) is 0 Å². The highest BCUT2D eigenvalue weighted by molar-refractivity contribution is 6.30. The number of nitrogens with zero attached hydrogens (tertiary/aromatic N) is 4. The molecule has 0 unspecified atom stereocenters. The predicted octanol–water partition coefficient (Wildman–Crippen LogP) is 4.51. The third-order valence-corrected chi connectivity index (χ3v) is 6.03. The van der Waals surface area contributed by atoms with Crippen LogP contribution in [-0.4, -0.2) is 51.3 Å². The summed E-state index contributed by atoms with van der Waals surface area (Å²) in [7, 11) is 0. The van der Waals surface area contributed by atoms with Gasteiger partial charge in [0.05, 0.1) is 17.0 Å². The van der Waals surface area contributed by atoms with Gasteiger partial charge in [0.1, 0.15) is 18.0 Å². The van der Waals surface area contributed by atoms with Crippen LogP contribution in [0.25, 0.3) is 5.65 Å². The average molecular weight is 465 g/mol. The molecule has 8 heteroatoms. The molecular weight excluding hydrogens is 440 g/mol. The fraction of sp³-hybridized carbons (Fsp3) is 0.280. The van der Waals surface area contributed by atoms with Crippen molar-refractivity contribution >= 4 is 23.2 Å². The number of carbonyl (C=O) groups is 1. The molecule has 4 aromatic rings. The molecule has 5 rings (SSSR count). The number of halogens is 1. The first kappa shape index (κ1) is 21.6. The lowest BCUT2D eigenvalue weighted by atomic mass is 10.2. The maximum Gasteiger partial charge on any atom is 0.290 e. The SMILES string of the molecule is O=C(c1occc1COc1ccccc1)N1CCCN(Cc2cn3cc(Cl)ccc3n2)CC1. The summed E-state index contributed by atoms with van der Waals surface area (Å²) < 4.78 is 13.3. The summed E-state index contributed by atoms with van der Waals surface area (Å²) in [6.07, 6.45) is 6.31.